The SMILES string of the molecule is COc1ccc(-c2noc(-c3cc4ccccc4oc3=Nc3ccc(C(C)=O)cc3)n2)cc1. The molecule has 0 saturated heterocycles. The van der Waals surface area contributed by atoms with Crippen molar-refractivity contribution in [2.45, 2.75) is 6.92 Å². The summed E-state index contributed by atoms with van der Waals surface area (Å²) in [7, 11) is 1.61. The van der Waals surface area contributed by atoms with Crippen LogP contribution in [0, 0.1) is 0 Å². The third-order valence-corrected chi connectivity index (χ3v) is 5.17. The van der Waals surface area contributed by atoms with Gasteiger partial charge in [-0.1, -0.05) is 23.4 Å². The van der Waals surface area contributed by atoms with Crippen molar-refractivity contribution in [3.05, 3.63) is 90.0 Å². The van der Waals surface area contributed by atoms with Crippen molar-refractivity contribution in [1.82, 2.24) is 10.1 Å². The van der Waals surface area contributed by atoms with E-state index in [0.29, 0.717) is 33.8 Å². The van der Waals surface area contributed by atoms with Gasteiger partial charge in [-0.15, -0.1) is 0 Å². The van der Waals surface area contributed by atoms with Crippen LogP contribution in [0.2, 0.25) is 0 Å². The lowest BCUT2D eigenvalue weighted by atomic mass is 10.1. The number of benzene rings is 3. The van der Waals surface area contributed by atoms with E-state index in [2.05, 4.69) is 15.1 Å². The van der Waals surface area contributed by atoms with Crippen LogP contribution in [0.4, 0.5) is 5.69 Å². The maximum atomic E-state index is 11.6. The molecule has 2 heterocycles. The molecular formula is C26H19N3O4. The average molecular weight is 437 g/mol. The van der Waals surface area contributed by atoms with E-state index >= 15 is 0 Å². The summed E-state index contributed by atoms with van der Waals surface area (Å²) in [6.45, 7) is 1.53. The Balaban J connectivity index is 1.63. The van der Waals surface area contributed by atoms with Crippen LogP contribution in [0.5, 0.6) is 5.75 Å². The number of hydrogen-bond acceptors (Lipinski definition) is 7. The van der Waals surface area contributed by atoms with Crippen molar-refractivity contribution in [3.8, 4) is 28.6 Å². The van der Waals surface area contributed by atoms with Crippen LogP contribution in [-0.4, -0.2) is 23.0 Å². The predicted molar refractivity (Wildman–Crippen MR) is 123 cm³/mol. The Morgan fingerprint density at radius 2 is 1.73 bits per heavy atom. The van der Waals surface area contributed by atoms with Gasteiger partial charge in [0.2, 0.25) is 11.4 Å². The highest BCUT2D eigenvalue weighted by Crippen LogP contribution is 2.25. The summed E-state index contributed by atoms with van der Waals surface area (Å²) in [5.74, 6) is 1.47. The highest BCUT2D eigenvalue weighted by molar-refractivity contribution is 5.94. The highest BCUT2D eigenvalue weighted by Gasteiger charge is 2.15. The standard InChI is InChI=1S/C26H19N3O4/c1-16(30)17-7-11-20(12-8-17)27-25-22(15-19-5-3-4-6-23(19)32-25)26-28-24(29-33-26)18-9-13-21(31-2)14-10-18/h3-15H,1-2H3. The third-order valence-electron chi connectivity index (χ3n) is 5.17. The van der Waals surface area contributed by atoms with Crippen molar-refractivity contribution >= 4 is 22.4 Å². The van der Waals surface area contributed by atoms with Crippen LogP contribution in [0.15, 0.2) is 92.8 Å². The van der Waals surface area contributed by atoms with Gasteiger partial charge < -0.3 is 13.7 Å². The van der Waals surface area contributed by atoms with E-state index in [0.717, 1.165) is 16.7 Å². The predicted octanol–water partition coefficient (Wildman–Crippen LogP) is 5.59. The molecule has 33 heavy (non-hydrogen) atoms. The first kappa shape index (κ1) is 20.4. The number of methoxy groups -OCH3 is 1. The Morgan fingerprint density at radius 1 is 0.970 bits per heavy atom. The van der Waals surface area contributed by atoms with E-state index in [1.165, 1.54) is 6.92 Å². The Morgan fingerprint density at radius 3 is 2.45 bits per heavy atom. The number of hydrogen-bond donors (Lipinski definition) is 0. The monoisotopic (exact) mass is 437 g/mol. The molecule has 5 aromatic rings. The second-order valence-corrected chi connectivity index (χ2v) is 7.37. The molecule has 0 N–H and O–H groups in total. The van der Waals surface area contributed by atoms with Crippen molar-refractivity contribution < 1.29 is 18.5 Å². The quantitative estimate of drug-likeness (QED) is 0.333. The van der Waals surface area contributed by atoms with Gasteiger partial charge in [0, 0.05) is 16.5 Å². The Hall–Kier alpha value is -4.52. The van der Waals surface area contributed by atoms with E-state index in [-0.39, 0.29) is 11.7 Å². The average Bonchev–Trinajstić information content (AvgIpc) is 3.34. The molecule has 2 aromatic heterocycles. The van der Waals surface area contributed by atoms with Crippen LogP contribution in [0.25, 0.3) is 33.8 Å². The topological polar surface area (TPSA) is 90.7 Å². The number of fused-ring (bicyclic) bond motifs is 1. The number of aromatic nitrogens is 2. The Labute approximate surface area is 189 Å². The first-order valence-electron chi connectivity index (χ1n) is 10.3. The van der Waals surface area contributed by atoms with Crippen molar-refractivity contribution in [2.75, 3.05) is 7.11 Å². The fraction of sp³-hybridized carbons (Fsp3) is 0.0769. The zero-order valence-electron chi connectivity index (χ0n) is 18.0. The molecule has 0 radical (unpaired) electrons. The maximum absolute atomic E-state index is 11.6. The molecule has 3 aromatic carbocycles. The lowest BCUT2D eigenvalue weighted by Crippen LogP contribution is -2.05. The van der Waals surface area contributed by atoms with E-state index in [4.69, 9.17) is 13.7 Å². The van der Waals surface area contributed by atoms with Gasteiger partial charge in [0.1, 0.15) is 16.9 Å². The van der Waals surface area contributed by atoms with E-state index in [1.807, 2.05) is 54.6 Å². The van der Waals surface area contributed by atoms with Gasteiger partial charge in [0.25, 0.3) is 5.89 Å². The number of Topliss-reactive ketones (excluding diaryl/α,β-unsaturated/α-hetero) is 1. The summed E-state index contributed by atoms with van der Waals surface area (Å²) >= 11 is 0. The summed E-state index contributed by atoms with van der Waals surface area (Å²) < 4.78 is 16.9. The van der Waals surface area contributed by atoms with Crippen molar-refractivity contribution in [2.24, 2.45) is 4.99 Å². The van der Waals surface area contributed by atoms with Crippen LogP contribution in [0.3, 0.4) is 0 Å². The number of ketones is 1. The number of ether oxygens (including phenoxy) is 1. The minimum absolute atomic E-state index is 0.00504. The molecule has 162 valence electrons. The normalized spacial score (nSPS) is 11.6. The van der Waals surface area contributed by atoms with Gasteiger partial charge in [-0.3, -0.25) is 4.79 Å². The molecular weight excluding hydrogens is 418 g/mol. The van der Waals surface area contributed by atoms with Gasteiger partial charge in [-0.25, -0.2) is 4.99 Å². The molecule has 0 aliphatic rings. The summed E-state index contributed by atoms with van der Waals surface area (Å²) in [5.41, 5.74) is 3.61. The fourth-order valence-corrected chi connectivity index (χ4v) is 3.38. The van der Waals surface area contributed by atoms with Gasteiger partial charge in [0.15, 0.2) is 5.78 Å². The molecule has 0 aliphatic heterocycles. The lowest BCUT2D eigenvalue weighted by Gasteiger charge is -2.02. The Kier molecular flexibility index (Phi) is 5.28. The van der Waals surface area contributed by atoms with E-state index < -0.39 is 0 Å². The van der Waals surface area contributed by atoms with Gasteiger partial charge in [0.05, 0.1) is 12.8 Å². The van der Waals surface area contributed by atoms with Crippen LogP contribution in [0.1, 0.15) is 17.3 Å². The van der Waals surface area contributed by atoms with Gasteiger partial charge >= 0.3 is 0 Å². The number of nitrogens with zero attached hydrogens (tertiary/aromatic N) is 3. The first-order valence-corrected chi connectivity index (χ1v) is 10.3. The number of rotatable bonds is 5. The summed E-state index contributed by atoms with van der Waals surface area (Å²) in [6.07, 6.45) is 0. The van der Waals surface area contributed by atoms with Crippen LogP contribution < -0.4 is 10.3 Å². The molecule has 7 nitrogen and oxygen atoms in total. The van der Waals surface area contributed by atoms with Crippen molar-refractivity contribution in [1.29, 1.82) is 0 Å². The number of carbonyl (C=O) groups is 1. The smallest absolute Gasteiger partial charge is 0.263 e. The molecule has 0 unspecified atom stereocenters. The van der Waals surface area contributed by atoms with E-state index in [1.54, 1.807) is 31.4 Å². The minimum Gasteiger partial charge on any atom is -0.497 e. The fourth-order valence-electron chi connectivity index (χ4n) is 3.38. The van der Waals surface area contributed by atoms with Crippen LogP contribution in [-0.2, 0) is 0 Å². The molecule has 0 bridgehead atoms. The summed E-state index contributed by atoms with van der Waals surface area (Å²) in [5, 5.41) is 5.01. The zero-order chi connectivity index (χ0) is 22.8. The molecule has 0 saturated carbocycles. The van der Waals surface area contributed by atoms with Gasteiger partial charge in [-0.2, -0.15) is 4.98 Å². The second-order valence-electron chi connectivity index (χ2n) is 7.37. The first-order chi connectivity index (χ1) is 16.1. The van der Waals surface area contributed by atoms with Crippen LogP contribution >= 0.6 is 0 Å². The van der Waals surface area contributed by atoms with E-state index in [9.17, 15) is 4.79 Å². The molecule has 7 heteroatoms. The summed E-state index contributed by atoms with van der Waals surface area (Å²) in [6, 6.07) is 23.9. The minimum atomic E-state index is -0.00504. The highest BCUT2D eigenvalue weighted by atomic mass is 16.5. The van der Waals surface area contributed by atoms with Gasteiger partial charge in [-0.05, 0) is 67.6 Å². The summed E-state index contributed by atoms with van der Waals surface area (Å²) in [4.78, 5) is 20.8. The number of carbonyl (C=O) groups excluding carboxylic acids is 1. The van der Waals surface area contributed by atoms with Crippen molar-refractivity contribution in [3.63, 3.8) is 0 Å². The lowest BCUT2D eigenvalue weighted by molar-refractivity contribution is 0.101. The third kappa shape index (κ3) is 4.16. The molecule has 0 fully saturated rings. The Bertz CT molecular complexity index is 1510. The zero-order valence-corrected chi connectivity index (χ0v) is 18.0. The maximum Gasteiger partial charge on any atom is 0.263 e. The molecule has 5 rings (SSSR count). The molecule has 0 spiro atoms. The largest absolute Gasteiger partial charge is 0.497 e. The molecule has 0 atom stereocenters. The number of para-hydroxylation sites is 1. The molecule has 0 amide bonds. The molecule has 0 aliphatic carbocycles. The second kappa shape index (κ2) is 8.55.